The van der Waals surface area contributed by atoms with Crippen LogP contribution in [0.1, 0.15) is 18.9 Å². The van der Waals surface area contributed by atoms with Crippen LogP contribution < -0.4 is 0 Å². The molecule has 0 amide bonds. The number of aromatic nitrogens is 2. The van der Waals surface area contributed by atoms with Gasteiger partial charge in [0.05, 0.1) is 16.8 Å². The zero-order valence-corrected chi connectivity index (χ0v) is 24.4. The molecule has 4 aromatic carbocycles. The van der Waals surface area contributed by atoms with Gasteiger partial charge in [-0.3, -0.25) is 4.79 Å². The van der Waals surface area contributed by atoms with Crippen LogP contribution in [0.25, 0.3) is 38.8 Å². The fraction of sp³-hybridized carbons (Fsp3) is 0.0857. The molecule has 0 saturated heterocycles. The van der Waals surface area contributed by atoms with E-state index in [9.17, 15) is 9.90 Å². The van der Waals surface area contributed by atoms with Gasteiger partial charge in [-0.15, -0.1) is 35.9 Å². The quantitative estimate of drug-likeness (QED) is 0.108. The maximum atomic E-state index is 11.7. The molecule has 0 aliphatic heterocycles. The number of carbonyl (C=O) groups is 1. The van der Waals surface area contributed by atoms with Crippen molar-refractivity contribution >= 4 is 27.6 Å². The zero-order chi connectivity index (χ0) is 27.0. The summed E-state index contributed by atoms with van der Waals surface area (Å²) in [7, 11) is 0. The molecule has 0 spiro atoms. The van der Waals surface area contributed by atoms with Crippen molar-refractivity contribution < 1.29 is 31.0 Å². The third kappa shape index (κ3) is 6.83. The number of rotatable bonds is 6. The van der Waals surface area contributed by atoms with E-state index >= 15 is 0 Å². The summed E-state index contributed by atoms with van der Waals surface area (Å²) < 4.78 is 2.28. The van der Waals surface area contributed by atoms with Crippen LogP contribution >= 0.6 is 0 Å². The standard InChI is InChI=1S/C24H21NO2.C11H8N.Pt/c1-17(26)16-20(27)15-12-18-10-13-19(14-11-18)25-23-8-4-2-6-21(23)22-7-3-5-9-24(22)25;1-2-6-10(7-3-1)11-8-4-5-9-12-11;/h2-11,13-14,16,26H,12,15H2,1H3;1-6,8-9H;/q;-1;/b17-16-;;. The molecule has 0 aliphatic rings. The number of aliphatic hydroxyl groups is 1. The van der Waals surface area contributed by atoms with Crippen LogP contribution in [0, 0.1) is 6.07 Å². The molecule has 0 fully saturated rings. The largest absolute Gasteiger partial charge is 0.512 e. The molecule has 2 heterocycles. The summed E-state index contributed by atoms with van der Waals surface area (Å²) >= 11 is 0. The number of aryl methyl sites for hydroxylation is 1. The maximum Gasteiger partial charge on any atom is 0.159 e. The summed E-state index contributed by atoms with van der Waals surface area (Å²) in [6, 6.07) is 42.0. The number of fused-ring (bicyclic) bond motifs is 3. The molecule has 202 valence electrons. The molecule has 6 aromatic rings. The number of aliphatic hydroxyl groups excluding tert-OH is 1. The molecule has 0 saturated carbocycles. The first-order valence-corrected chi connectivity index (χ1v) is 13.0. The van der Waals surface area contributed by atoms with Gasteiger partial charge in [0.15, 0.2) is 5.78 Å². The van der Waals surface area contributed by atoms with Gasteiger partial charge in [-0.25, -0.2) is 0 Å². The second-order valence-electron chi connectivity index (χ2n) is 9.28. The Kier molecular flexibility index (Phi) is 9.83. The minimum atomic E-state index is -0.0542. The van der Waals surface area contributed by atoms with E-state index < -0.39 is 0 Å². The van der Waals surface area contributed by atoms with Crippen LogP contribution in [0.5, 0.6) is 0 Å². The van der Waals surface area contributed by atoms with Gasteiger partial charge >= 0.3 is 0 Å². The predicted octanol–water partition coefficient (Wildman–Crippen LogP) is 8.29. The van der Waals surface area contributed by atoms with Crippen LogP contribution in [-0.4, -0.2) is 20.4 Å². The van der Waals surface area contributed by atoms with E-state index in [4.69, 9.17) is 0 Å². The molecule has 4 nitrogen and oxygen atoms in total. The number of benzene rings is 4. The van der Waals surface area contributed by atoms with Crippen LogP contribution in [-0.2, 0) is 32.3 Å². The van der Waals surface area contributed by atoms with Gasteiger partial charge in [0.2, 0.25) is 0 Å². The number of nitrogens with zero attached hydrogens (tertiary/aromatic N) is 2. The first-order valence-electron chi connectivity index (χ1n) is 13.0. The van der Waals surface area contributed by atoms with Gasteiger partial charge in [0.25, 0.3) is 0 Å². The monoisotopic (exact) mass is 704 g/mol. The Bertz CT molecular complexity index is 1630. The molecule has 0 bridgehead atoms. The van der Waals surface area contributed by atoms with Crippen molar-refractivity contribution in [3.05, 3.63) is 145 Å². The minimum Gasteiger partial charge on any atom is -0.512 e. The summed E-state index contributed by atoms with van der Waals surface area (Å²) in [6.07, 6.45) is 4.13. The minimum absolute atomic E-state index is 0. The number of pyridine rings is 1. The average molecular weight is 705 g/mol. The predicted molar refractivity (Wildman–Crippen MR) is 159 cm³/mol. The fourth-order valence-electron chi connectivity index (χ4n) is 4.66. The van der Waals surface area contributed by atoms with Crippen LogP contribution in [0.4, 0.5) is 0 Å². The average Bonchev–Trinajstić information content (AvgIpc) is 3.32. The van der Waals surface area contributed by atoms with Crippen molar-refractivity contribution in [2.24, 2.45) is 0 Å². The Labute approximate surface area is 248 Å². The Balaban J connectivity index is 0.000000238. The van der Waals surface area contributed by atoms with Crippen molar-refractivity contribution in [3.8, 4) is 16.9 Å². The number of ketones is 1. The van der Waals surface area contributed by atoms with E-state index in [0.717, 1.165) is 22.5 Å². The van der Waals surface area contributed by atoms with Crippen LogP contribution in [0.15, 0.2) is 133 Å². The van der Waals surface area contributed by atoms with Crippen molar-refractivity contribution in [1.29, 1.82) is 0 Å². The van der Waals surface area contributed by atoms with E-state index in [-0.39, 0.29) is 32.6 Å². The third-order valence-corrected chi connectivity index (χ3v) is 6.45. The smallest absolute Gasteiger partial charge is 0.159 e. The second kappa shape index (κ2) is 13.7. The third-order valence-electron chi connectivity index (χ3n) is 6.45. The van der Waals surface area contributed by atoms with Crippen molar-refractivity contribution in [1.82, 2.24) is 9.55 Å². The first-order chi connectivity index (χ1) is 19.1. The Morgan fingerprint density at radius 2 is 1.45 bits per heavy atom. The number of hydrogen-bond acceptors (Lipinski definition) is 3. The van der Waals surface area contributed by atoms with Crippen molar-refractivity contribution in [2.45, 2.75) is 19.8 Å². The fourth-order valence-corrected chi connectivity index (χ4v) is 4.66. The zero-order valence-electron chi connectivity index (χ0n) is 22.1. The summed E-state index contributed by atoms with van der Waals surface area (Å²) in [5.41, 5.74) is 6.59. The molecule has 2 aromatic heterocycles. The molecule has 40 heavy (non-hydrogen) atoms. The van der Waals surface area contributed by atoms with Crippen molar-refractivity contribution in [3.63, 3.8) is 0 Å². The molecule has 6 rings (SSSR count). The Morgan fingerprint density at radius 1 is 0.825 bits per heavy atom. The van der Waals surface area contributed by atoms with Gasteiger partial charge in [0.1, 0.15) is 0 Å². The SMILES string of the molecule is C/C(O)=C/C(=O)CCc1ccc(-n2c3ccccc3c3ccccc32)cc1.[Pt].[c-]1ccccc1-c1ccccn1. The molecule has 0 unspecified atom stereocenters. The first kappa shape index (κ1) is 28.7. The van der Waals surface area contributed by atoms with Gasteiger partial charge in [-0.2, -0.15) is 0 Å². The van der Waals surface area contributed by atoms with Gasteiger partial charge in [-0.1, -0.05) is 60.7 Å². The number of allylic oxidation sites excluding steroid dienone is 2. The molecular formula is C35H29N2O2Pt-. The normalized spacial score (nSPS) is 11.0. The molecular weight excluding hydrogens is 675 g/mol. The summed E-state index contributed by atoms with van der Waals surface area (Å²) in [5.74, 6) is 0.00295. The molecule has 1 N–H and O–H groups in total. The molecule has 0 atom stereocenters. The van der Waals surface area contributed by atoms with Crippen LogP contribution in [0.2, 0.25) is 0 Å². The number of para-hydroxylation sites is 2. The van der Waals surface area contributed by atoms with E-state index in [1.165, 1.54) is 34.8 Å². The van der Waals surface area contributed by atoms with E-state index in [1.54, 1.807) is 6.20 Å². The topological polar surface area (TPSA) is 55.1 Å². The van der Waals surface area contributed by atoms with Gasteiger partial charge in [-0.05, 0) is 54.9 Å². The molecule has 0 radical (unpaired) electrons. The molecule has 0 aliphatic carbocycles. The van der Waals surface area contributed by atoms with E-state index in [1.807, 2.05) is 42.5 Å². The van der Waals surface area contributed by atoms with Crippen LogP contribution in [0.3, 0.4) is 0 Å². The summed E-state index contributed by atoms with van der Waals surface area (Å²) in [4.78, 5) is 16.0. The number of hydrogen-bond donors (Lipinski definition) is 1. The second-order valence-corrected chi connectivity index (χ2v) is 9.28. The van der Waals surface area contributed by atoms with Gasteiger partial charge in [0, 0.05) is 56.2 Å². The Morgan fingerprint density at radius 3 is 2.02 bits per heavy atom. The molecule has 5 heteroatoms. The van der Waals surface area contributed by atoms with E-state index in [2.05, 4.69) is 88.4 Å². The van der Waals surface area contributed by atoms with E-state index in [0.29, 0.717) is 12.8 Å². The number of carbonyl (C=O) groups excluding carboxylic acids is 1. The van der Waals surface area contributed by atoms with Gasteiger partial charge < -0.3 is 14.7 Å². The Hall–Kier alpha value is -4.27. The summed E-state index contributed by atoms with van der Waals surface area (Å²) in [5, 5.41) is 11.7. The van der Waals surface area contributed by atoms with Crippen molar-refractivity contribution in [2.75, 3.05) is 0 Å². The summed E-state index contributed by atoms with van der Waals surface area (Å²) in [6.45, 7) is 1.51. The maximum absolute atomic E-state index is 11.7.